The molecule has 0 aromatic heterocycles. The number of non-ortho nitro benzene ring substituents is 1. The molecule has 0 amide bonds. The Balaban J connectivity index is 3.39. The van der Waals surface area contributed by atoms with Gasteiger partial charge in [0.25, 0.3) is 5.69 Å². The third kappa shape index (κ3) is 3.39. The van der Waals surface area contributed by atoms with Crippen molar-refractivity contribution in [3.63, 3.8) is 0 Å². The molecule has 0 unspecified atom stereocenters. The molecule has 0 atom stereocenters. The molecule has 0 fully saturated rings. The van der Waals surface area contributed by atoms with Crippen molar-refractivity contribution in [2.45, 2.75) is 39.2 Å². The summed E-state index contributed by atoms with van der Waals surface area (Å²) in [6.07, 6.45) is 1.52. The average Bonchev–Trinajstić information content (AvgIpc) is 2.40. The van der Waals surface area contributed by atoms with E-state index in [1.165, 1.54) is 0 Å². The minimum atomic E-state index is -1.26. The van der Waals surface area contributed by atoms with Crippen LogP contribution in [-0.4, -0.2) is 21.5 Å². The van der Waals surface area contributed by atoms with Gasteiger partial charge in [0, 0.05) is 17.7 Å². The summed E-state index contributed by atoms with van der Waals surface area (Å²) in [6, 6.07) is 2.17. The van der Waals surface area contributed by atoms with Gasteiger partial charge in [-0.05, 0) is 19.8 Å². The van der Waals surface area contributed by atoms with Gasteiger partial charge in [-0.15, -0.1) is 0 Å². The number of hydrogen-bond donors (Lipinski definition) is 2. The van der Waals surface area contributed by atoms with E-state index < -0.39 is 10.9 Å². The van der Waals surface area contributed by atoms with E-state index in [1.807, 2.05) is 20.8 Å². The van der Waals surface area contributed by atoms with Crippen molar-refractivity contribution in [2.24, 2.45) is 0 Å². The van der Waals surface area contributed by atoms with E-state index in [1.54, 1.807) is 0 Å². The summed E-state index contributed by atoms with van der Waals surface area (Å²) >= 11 is 6.01. The maximum atomic E-state index is 11.3. The number of anilines is 1. The fourth-order valence-electron chi connectivity index (χ4n) is 1.72. The lowest BCUT2D eigenvalue weighted by molar-refractivity contribution is -0.384. The molecule has 6 nitrogen and oxygen atoms in total. The lowest BCUT2D eigenvalue weighted by atomic mass is 9.94. The smallest absolute Gasteiger partial charge is 0.338 e. The first-order valence-corrected chi connectivity index (χ1v) is 6.61. The Morgan fingerprint density at radius 3 is 2.40 bits per heavy atom. The second kappa shape index (κ2) is 6.09. The minimum absolute atomic E-state index is 0.0322. The molecule has 0 saturated heterocycles. The second-order valence-electron chi connectivity index (χ2n) is 4.81. The number of halogens is 1. The predicted molar refractivity (Wildman–Crippen MR) is 77.7 cm³/mol. The molecular formula is C13H17ClN2O4. The highest BCUT2D eigenvalue weighted by Gasteiger charge is 2.26. The van der Waals surface area contributed by atoms with Crippen LogP contribution in [0.4, 0.5) is 11.4 Å². The Morgan fingerprint density at radius 2 is 2.00 bits per heavy atom. The van der Waals surface area contributed by atoms with Gasteiger partial charge in [0.05, 0.1) is 21.2 Å². The maximum Gasteiger partial charge on any atom is 0.338 e. The van der Waals surface area contributed by atoms with Crippen LogP contribution in [0.1, 0.15) is 44.0 Å². The lowest BCUT2D eigenvalue weighted by Crippen LogP contribution is -2.33. The van der Waals surface area contributed by atoms with E-state index in [-0.39, 0.29) is 27.5 Å². The molecule has 0 spiro atoms. The Morgan fingerprint density at radius 1 is 1.45 bits per heavy atom. The molecule has 110 valence electrons. The van der Waals surface area contributed by atoms with Crippen LogP contribution in [0.5, 0.6) is 0 Å². The van der Waals surface area contributed by atoms with Gasteiger partial charge in [-0.3, -0.25) is 10.1 Å². The zero-order valence-corrected chi connectivity index (χ0v) is 12.3. The van der Waals surface area contributed by atoms with Gasteiger partial charge in [0.2, 0.25) is 0 Å². The molecule has 0 aliphatic rings. The largest absolute Gasteiger partial charge is 0.478 e. The summed E-state index contributed by atoms with van der Waals surface area (Å²) in [7, 11) is 0. The van der Waals surface area contributed by atoms with Crippen LogP contribution >= 0.6 is 11.6 Å². The minimum Gasteiger partial charge on any atom is -0.478 e. The molecule has 0 heterocycles. The zero-order chi connectivity index (χ0) is 15.5. The number of nitrogens with one attached hydrogen (secondary N) is 1. The molecule has 0 aliphatic carbocycles. The fourth-order valence-corrected chi connectivity index (χ4v) is 1.98. The van der Waals surface area contributed by atoms with E-state index in [9.17, 15) is 20.0 Å². The highest BCUT2D eigenvalue weighted by molar-refractivity contribution is 6.34. The van der Waals surface area contributed by atoms with Gasteiger partial charge in [-0.1, -0.05) is 25.4 Å². The molecule has 7 heteroatoms. The summed E-state index contributed by atoms with van der Waals surface area (Å²) < 4.78 is 0. The number of carboxylic acid groups (broad SMARTS) is 1. The summed E-state index contributed by atoms with van der Waals surface area (Å²) in [6.45, 7) is 5.88. The first kappa shape index (κ1) is 16.2. The van der Waals surface area contributed by atoms with E-state index in [0.29, 0.717) is 0 Å². The number of nitrogens with zero attached hydrogens (tertiary/aromatic N) is 1. The van der Waals surface area contributed by atoms with E-state index >= 15 is 0 Å². The molecule has 1 aromatic carbocycles. The summed E-state index contributed by atoms with van der Waals surface area (Å²) in [5.41, 5.74) is -0.648. The first-order valence-electron chi connectivity index (χ1n) is 6.23. The van der Waals surface area contributed by atoms with Gasteiger partial charge in [-0.25, -0.2) is 4.79 Å². The van der Waals surface area contributed by atoms with Gasteiger partial charge >= 0.3 is 5.97 Å². The van der Waals surface area contributed by atoms with Crippen molar-refractivity contribution in [1.29, 1.82) is 0 Å². The number of hydrogen-bond acceptors (Lipinski definition) is 4. The molecular weight excluding hydrogens is 284 g/mol. The van der Waals surface area contributed by atoms with Gasteiger partial charge < -0.3 is 10.4 Å². The molecule has 0 radical (unpaired) electrons. The maximum absolute atomic E-state index is 11.3. The highest BCUT2D eigenvalue weighted by Crippen LogP contribution is 2.34. The zero-order valence-electron chi connectivity index (χ0n) is 11.6. The van der Waals surface area contributed by atoms with Gasteiger partial charge in [0.1, 0.15) is 0 Å². The van der Waals surface area contributed by atoms with Crippen molar-refractivity contribution < 1.29 is 14.8 Å². The van der Waals surface area contributed by atoms with Crippen LogP contribution in [0.2, 0.25) is 5.02 Å². The third-order valence-corrected chi connectivity index (χ3v) is 3.80. The Hall–Kier alpha value is -1.82. The van der Waals surface area contributed by atoms with Crippen LogP contribution in [0.15, 0.2) is 12.1 Å². The standard InChI is InChI=1S/C13H17ClN2O4/c1-4-13(3,5-2)15-11-9(12(17)18)6-8(16(19)20)7-10(11)14/h6-7,15H,4-5H2,1-3H3,(H,17,18). The van der Waals surface area contributed by atoms with Gasteiger partial charge in [-0.2, -0.15) is 0 Å². The molecule has 2 N–H and O–H groups in total. The van der Waals surface area contributed by atoms with Crippen LogP contribution in [0.3, 0.4) is 0 Å². The summed E-state index contributed by atoms with van der Waals surface area (Å²) in [5, 5.41) is 23.1. The quantitative estimate of drug-likeness (QED) is 0.613. The first-order chi connectivity index (χ1) is 9.24. The molecule has 20 heavy (non-hydrogen) atoms. The molecule has 1 rings (SSSR count). The average molecular weight is 301 g/mol. The number of nitro groups is 1. The third-order valence-electron chi connectivity index (χ3n) is 3.50. The Kier molecular flexibility index (Phi) is 4.94. The fraction of sp³-hybridized carbons (Fsp3) is 0.462. The summed E-state index contributed by atoms with van der Waals surface area (Å²) in [5.74, 6) is -1.26. The van der Waals surface area contributed by atoms with Crippen molar-refractivity contribution in [2.75, 3.05) is 5.32 Å². The van der Waals surface area contributed by atoms with Crippen LogP contribution in [-0.2, 0) is 0 Å². The topological polar surface area (TPSA) is 92.5 Å². The SMILES string of the molecule is CCC(C)(CC)Nc1c(Cl)cc([N+](=O)[O-])cc1C(=O)O. The molecule has 0 saturated carbocycles. The monoisotopic (exact) mass is 300 g/mol. The van der Waals surface area contributed by atoms with Gasteiger partial charge in [0.15, 0.2) is 0 Å². The predicted octanol–water partition coefficient (Wildman–Crippen LogP) is 3.94. The second-order valence-corrected chi connectivity index (χ2v) is 5.21. The number of rotatable bonds is 6. The Labute approximate surface area is 121 Å². The molecule has 0 aliphatic heterocycles. The van der Waals surface area contributed by atoms with Crippen molar-refractivity contribution in [1.82, 2.24) is 0 Å². The van der Waals surface area contributed by atoms with Crippen LogP contribution in [0, 0.1) is 10.1 Å². The molecule has 1 aromatic rings. The number of carbonyl (C=O) groups is 1. The summed E-state index contributed by atoms with van der Waals surface area (Å²) in [4.78, 5) is 21.4. The van der Waals surface area contributed by atoms with E-state index in [0.717, 1.165) is 25.0 Å². The highest BCUT2D eigenvalue weighted by atomic mass is 35.5. The number of aromatic carboxylic acids is 1. The number of nitro benzene ring substituents is 1. The lowest BCUT2D eigenvalue weighted by Gasteiger charge is -2.30. The Bertz CT molecular complexity index is 541. The van der Waals surface area contributed by atoms with E-state index in [4.69, 9.17) is 11.6 Å². The number of benzene rings is 1. The normalized spacial score (nSPS) is 11.2. The van der Waals surface area contributed by atoms with Crippen LogP contribution in [0.25, 0.3) is 0 Å². The molecule has 0 bridgehead atoms. The number of carboxylic acids is 1. The van der Waals surface area contributed by atoms with E-state index in [2.05, 4.69) is 5.32 Å². The van der Waals surface area contributed by atoms with Crippen molar-refractivity contribution in [3.8, 4) is 0 Å². The van der Waals surface area contributed by atoms with Crippen LogP contribution < -0.4 is 5.32 Å². The van der Waals surface area contributed by atoms with Crippen molar-refractivity contribution in [3.05, 3.63) is 32.8 Å². The van der Waals surface area contributed by atoms with Crippen molar-refractivity contribution >= 4 is 28.9 Å².